The highest BCUT2D eigenvalue weighted by Crippen LogP contribution is 2.23. The van der Waals surface area contributed by atoms with Crippen LogP contribution in [0.2, 0.25) is 0 Å². The first-order valence-corrected chi connectivity index (χ1v) is 6.39. The second-order valence-corrected chi connectivity index (χ2v) is 4.98. The van der Waals surface area contributed by atoms with E-state index in [2.05, 4.69) is 12.2 Å². The summed E-state index contributed by atoms with van der Waals surface area (Å²) in [6.45, 7) is 3.79. The van der Waals surface area contributed by atoms with Crippen molar-refractivity contribution in [3.05, 3.63) is 0 Å². The van der Waals surface area contributed by atoms with Gasteiger partial charge in [0.05, 0.1) is 6.54 Å². The Labute approximate surface area is 102 Å². The zero-order valence-electron chi connectivity index (χ0n) is 10.6. The second-order valence-electron chi connectivity index (χ2n) is 4.98. The summed E-state index contributed by atoms with van der Waals surface area (Å²) >= 11 is 0. The minimum Gasteiger partial charge on any atom is -0.332 e. The molecule has 0 spiro atoms. The van der Waals surface area contributed by atoms with Gasteiger partial charge in [-0.2, -0.15) is 0 Å². The van der Waals surface area contributed by atoms with Crippen molar-refractivity contribution < 1.29 is 9.59 Å². The van der Waals surface area contributed by atoms with E-state index in [0.717, 1.165) is 25.8 Å². The van der Waals surface area contributed by atoms with Crippen LogP contribution in [-0.4, -0.2) is 60.4 Å². The van der Waals surface area contributed by atoms with Crippen molar-refractivity contribution in [1.29, 1.82) is 0 Å². The molecule has 2 atom stereocenters. The molecule has 0 radical (unpaired) electrons. The molecule has 5 nitrogen and oxygen atoms in total. The van der Waals surface area contributed by atoms with E-state index in [0.29, 0.717) is 12.6 Å². The normalized spacial score (nSPS) is 26.4. The predicted octanol–water partition coefficient (Wildman–Crippen LogP) is -0.182. The molecule has 0 aromatic rings. The van der Waals surface area contributed by atoms with Crippen molar-refractivity contribution in [1.82, 2.24) is 15.1 Å². The molecule has 2 rings (SSSR count). The fourth-order valence-electron chi connectivity index (χ4n) is 2.55. The van der Waals surface area contributed by atoms with Gasteiger partial charge in [-0.1, -0.05) is 0 Å². The first-order valence-electron chi connectivity index (χ1n) is 6.39. The molecule has 2 heterocycles. The summed E-state index contributed by atoms with van der Waals surface area (Å²) in [5.41, 5.74) is 0. The zero-order chi connectivity index (χ0) is 12.4. The monoisotopic (exact) mass is 239 g/mol. The topological polar surface area (TPSA) is 52.7 Å². The van der Waals surface area contributed by atoms with E-state index >= 15 is 0 Å². The van der Waals surface area contributed by atoms with Gasteiger partial charge in [0.15, 0.2) is 0 Å². The first kappa shape index (κ1) is 12.4. The summed E-state index contributed by atoms with van der Waals surface area (Å²) in [6, 6.07) is 0.209. The number of nitrogens with one attached hydrogen (secondary N) is 1. The van der Waals surface area contributed by atoms with E-state index in [1.807, 2.05) is 7.05 Å². The number of hydrogen-bond acceptors (Lipinski definition) is 3. The molecule has 96 valence electrons. The van der Waals surface area contributed by atoms with Gasteiger partial charge in [0, 0.05) is 19.1 Å². The van der Waals surface area contributed by atoms with Gasteiger partial charge in [-0.3, -0.25) is 9.59 Å². The van der Waals surface area contributed by atoms with Crippen LogP contribution in [0.25, 0.3) is 0 Å². The summed E-state index contributed by atoms with van der Waals surface area (Å²) in [5.74, 6) is 0.259. The SMILES string of the molecule is CNC(C)CCN1CC(=O)N2CCCC2C1=O. The Bertz CT molecular complexity index is 319. The molecule has 0 bridgehead atoms. The zero-order valence-corrected chi connectivity index (χ0v) is 10.6. The summed E-state index contributed by atoms with van der Waals surface area (Å²) in [7, 11) is 1.91. The standard InChI is InChI=1S/C12H21N3O2/c1-9(13-2)5-7-14-8-11(16)15-6-3-4-10(15)12(14)17/h9-10,13H,3-8H2,1-2H3. The van der Waals surface area contributed by atoms with Crippen LogP contribution in [0.15, 0.2) is 0 Å². The third-order valence-corrected chi connectivity index (χ3v) is 3.82. The molecule has 0 aromatic carbocycles. The Morgan fingerprint density at radius 3 is 2.94 bits per heavy atom. The average Bonchev–Trinajstić information content (AvgIpc) is 2.81. The number of amides is 2. The number of rotatable bonds is 4. The van der Waals surface area contributed by atoms with Crippen molar-refractivity contribution in [2.24, 2.45) is 0 Å². The lowest BCUT2D eigenvalue weighted by Gasteiger charge is -2.36. The van der Waals surface area contributed by atoms with Crippen LogP contribution in [-0.2, 0) is 9.59 Å². The van der Waals surface area contributed by atoms with Crippen LogP contribution in [0, 0.1) is 0 Å². The van der Waals surface area contributed by atoms with Crippen molar-refractivity contribution in [3.8, 4) is 0 Å². The van der Waals surface area contributed by atoms with Gasteiger partial charge in [-0.15, -0.1) is 0 Å². The van der Waals surface area contributed by atoms with Crippen molar-refractivity contribution in [2.45, 2.75) is 38.3 Å². The molecule has 2 saturated heterocycles. The fourth-order valence-corrected chi connectivity index (χ4v) is 2.55. The minimum absolute atomic E-state index is 0.115. The largest absolute Gasteiger partial charge is 0.332 e. The average molecular weight is 239 g/mol. The van der Waals surface area contributed by atoms with E-state index in [1.54, 1.807) is 9.80 Å². The molecule has 0 saturated carbocycles. The lowest BCUT2D eigenvalue weighted by Crippen LogP contribution is -2.57. The van der Waals surface area contributed by atoms with E-state index in [1.165, 1.54) is 0 Å². The Hall–Kier alpha value is -1.10. The van der Waals surface area contributed by atoms with Crippen LogP contribution in [0.1, 0.15) is 26.2 Å². The van der Waals surface area contributed by atoms with Crippen molar-refractivity contribution in [3.63, 3.8) is 0 Å². The van der Waals surface area contributed by atoms with E-state index < -0.39 is 0 Å². The van der Waals surface area contributed by atoms with Gasteiger partial charge in [0.2, 0.25) is 11.8 Å². The number of carbonyl (C=O) groups excluding carboxylic acids is 2. The maximum absolute atomic E-state index is 12.2. The maximum atomic E-state index is 12.2. The van der Waals surface area contributed by atoms with Crippen LogP contribution < -0.4 is 5.32 Å². The fraction of sp³-hybridized carbons (Fsp3) is 0.833. The van der Waals surface area contributed by atoms with Crippen molar-refractivity contribution >= 4 is 11.8 Å². The van der Waals surface area contributed by atoms with Crippen molar-refractivity contribution in [2.75, 3.05) is 26.7 Å². The Kier molecular flexibility index (Phi) is 3.66. The van der Waals surface area contributed by atoms with Gasteiger partial charge >= 0.3 is 0 Å². The Morgan fingerprint density at radius 1 is 1.47 bits per heavy atom. The molecule has 2 fully saturated rings. The summed E-state index contributed by atoms with van der Waals surface area (Å²) in [6.07, 6.45) is 2.69. The summed E-state index contributed by atoms with van der Waals surface area (Å²) < 4.78 is 0. The number of nitrogens with zero attached hydrogens (tertiary/aromatic N) is 2. The molecule has 2 aliphatic heterocycles. The third kappa shape index (κ3) is 2.44. The molecule has 1 N–H and O–H groups in total. The van der Waals surface area contributed by atoms with Gasteiger partial charge in [0.1, 0.15) is 6.04 Å². The molecule has 2 aliphatic rings. The van der Waals surface area contributed by atoms with Gasteiger partial charge < -0.3 is 15.1 Å². The Morgan fingerprint density at radius 2 is 2.24 bits per heavy atom. The van der Waals surface area contributed by atoms with Crippen LogP contribution >= 0.6 is 0 Å². The van der Waals surface area contributed by atoms with Gasteiger partial charge in [-0.25, -0.2) is 0 Å². The molecule has 5 heteroatoms. The van der Waals surface area contributed by atoms with Crippen LogP contribution in [0.5, 0.6) is 0 Å². The smallest absolute Gasteiger partial charge is 0.245 e. The highest BCUT2D eigenvalue weighted by atomic mass is 16.2. The molecule has 0 aromatic heterocycles. The molecule has 2 amide bonds. The lowest BCUT2D eigenvalue weighted by atomic mass is 10.1. The van der Waals surface area contributed by atoms with E-state index in [4.69, 9.17) is 0 Å². The third-order valence-electron chi connectivity index (χ3n) is 3.82. The highest BCUT2D eigenvalue weighted by Gasteiger charge is 2.41. The summed E-state index contributed by atoms with van der Waals surface area (Å²) in [5, 5.41) is 3.14. The number of carbonyl (C=O) groups is 2. The molecular weight excluding hydrogens is 218 g/mol. The van der Waals surface area contributed by atoms with Gasteiger partial charge in [0.25, 0.3) is 0 Å². The molecule has 0 aliphatic carbocycles. The van der Waals surface area contributed by atoms with E-state index in [9.17, 15) is 9.59 Å². The van der Waals surface area contributed by atoms with Crippen LogP contribution in [0.4, 0.5) is 0 Å². The molecular formula is C12H21N3O2. The summed E-state index contributed by atoms with van der Waals surface area (Å²) in [4.78, 5) is 27.5. The minimum atomic E-state index is -0.166. The lowest BCUT2D eigenvalue weighted by molar-refractivity contribution is -0.153. The molecule has 2 unspecified atom stereocenters. The quantitative estimate of drug-likeness (QED) is 0.740. The number of hydrogen-bond donors (Lipinski definition) is 1. The second kappa shape index (κ2) is 5.04. The van der Waals surface area contributed by atoms with E-state index in [-0.39, 0.29) is 24.4 Å². The maximum Gasteiger partial charge on any atom is 0.245 e. The number of fused-ring (bicyclic) bond motifs is 1. The predicted molar refractivity (Wildman–Crippen MR) is 64.5 cm³/mol. The number of piperazine rings is 1. The first-order chi connectivity index (χ1) is 8.13. The molecule has 17 heavy (non-hydrogen) atoms. The highest BCUT2D eigenvalue weighted by molar-refractivity contribution is 5.95. The van der Waals surface area contributed by atoms with Gasteiger partial charge in [-0.05, 0) is 33.2 Å². The Balaban J connectivity index is 1.95. The van der Waals surface area contributed by atoms with Crippen LogP contribution in [0.3, 0.4) is 0 Å².